The molecule has 0 fully saturated rings. The second kappa shape index (κ2) is 8.00. The summed E-state index contributed by atoms with van der Waals surface area (Å²) < 4.78 is 10.2. The molecule has 7 heteroatoms. The van der Waals surface area contributed by atoms with Crippen LogP contribution in [0.15, 0.2) is 18.2 Å². The molecule has 7 nitrogen and oxygen atoms in total. The van der Waals surface area contributed by atoms with Crippen molar-refractivity contribution in [1.29, 1.82) is 0 Å². The summed E-state index contributed by atoms with van der Waals surface area (Å²) in [7, 11) is 1.28. The van der Waals surface area contributed by atoms with E-state index < -0.39 is 12.1 Å². The summed E-state index contributed by atoms with van der Waals surface area (Å²) >= 11 is 0. The van der Waals surface area contributed by atoms with Gasteiger partial charge in [-0.25, -0.2) is 0 Å². The lowest BCUT2D eigenvalue weighted by Crippen LogP contribution is -2.46. The summed E-state index contributed by atoms with van der Waals surface area (Å²) in [5, 5.41) is 2.72. The van der Waals surface area contributed by atoms with Gasteiger partial charge >= 0.3 is 5.97 Å². The quantitative estimate of drug-likeness (QED) is 0.798. The van der Waals surface area contributed by atoms with E-state index in [1.165, 1.54) is 7.11 Å². The van der Waals surface area contributed by atoms with Crippen molar-refractivity contribution in [3.63, 3.8) is 0 Å². The zero-order valence-corrected chi connectivity index (χ0v) is 15.0. The van der Waals surface area contributed by atoms with Crippen LogP contribution < -0.4 is 15.0 Å². The van der Waals surface area contributed by atoms with Crippen molar-refractivity contribution in [1.82, 2.24) is 0 Å². The second-order valence-corrected chi connectivity index (χ2v) is 6.41. The molecule has 0 aliphatic carbocycles. The summed E-state index contributed by atoms with van der Waals surface area (Å²) in [6, 6.07) is 5.17. The number of carbonyl (C=O) groups is 3. The van der Waals surface area contributed by atoms with E-state index in [2.05, 4.69) is 10.1 Å². The van der Waals surface area contributed by atoms with Gasteiger partial charge in [0.25, 0.3) is 5.91 Å². The number of amides is 2. The SMILES string of the molecule is COC(=O)CCC(=O)Nc1ccc2c(c1)OC(C)C(=O)N2CC(C)C. The number of nitrogens with zero attached hydrogens (tertiary/aromatic N) is 1. The zero-order valence-electron chi connectivity index (χ0n) is 15.0. The maximum absolute atomic E-state index is 12.4. The Morgan fingerprint density at radius 1 is 1.32 bits per heavy atom. The molecule has 1 heterocycles. The van der Waals surface area contributed by atoms with Crippen LogP contribution in [-0.4, -0.2) is 37.5 Å². The molecule has 0 bridgehead atoms. The first kappa shape index (κ1) is 18.8. The minimum absolute atomic E-state index is 0.0253. The largest absolute Gasteiger partial charge is 0.479 e. The monoisotopic (exact) mass is 348 g/mol. The van der Waals surface area contributed by atoms with Crippen molar-refractivity contribution >= 4 is 29.2 Å². The molecule has 0 spiro atoms. The van der Waals surface area contributed by atoms with E-state index in [0.717, 1.165) is 0 Å². The first-order valence-electron chi connectivity index (χ1n) is 8.30. The molecule has 0 saturated heterocycles. The summed E-state index contributed by atoms with van der Waals surface area (Å²) in [6.45, 7) is 6.40. The van der Waals surface area contributed by atoms with E-state index in [9.17, 15) is 14.4 Å². The molecule has 1 unspecified atom stereocenters. The number of ether oxygens (including phenoxy) is 2. The van der Waals surface area contributed by atoms with Crippen LogP contribution in [0.3, 0.4) is 0 Å². The Labute approximate surface area is 147 Å². The van der Waals surface area contributed by atoms with Crippen molar-refractivity contribution in [2.45, 2.75) is 39.7 Å². The van der Waals surface area contributed by atoms with Gasteiger partial charge in [0.2, 0.25) is 5.91 Å². The normalized spacial score (nSPS) is 16.3. The molecule has 136 valence electrons. The molecule has 1 atom stereocenters. The number of carbonyl (C=O) groups excluding carboxylic acids is 3. The molecule has 1 aliphatic rings. The van der Waals surface area contributed by atoms with E-state index in [1.54, 1.807) is 30.0 Å². The number of hydrogen-bond acceptors (Lipinski definition) is 5. The smallest absolute Gasteiger partial charge is 0.306 e. The van der Waals surface area contributed by atoms with Crippen molar-refractivity contribution in [2.24, 2.45) is 5.92 Å². The molecule has 0 radical (unpaired) electrons. The van der Waals surface area contributed by atoms with Gasteiger partial charge < -0.3 is 19.7 Å². The lowest BCUT2D eigenvalue weighted by molar-refractivity contribution is -0.141. The van der Waals surface area contributed by atoms with E-state index in [4.69, 9.17) is 4.74 Å². The van der Waals surface area contributed by atoms with Crippen LogP contribution >= 0.6 is 0 Å². The zero-order chi connectivity index (χ0) is 18.6. The molecular weight excluding hydrogens is 324 g/mol. The predicted molar refractivity (Wildman–Crippen MR) is 93.6 cm³/mol. The van der Waals surface area contributed by atoms with Gasteiger partial charge in [-0.15, -0.1) is 0 Å². The first-order valence-corrected chi connectivity index (χ1v) is 8.30. The van der Waals surface area contributed by atoms with Crippen molar-refractivity contribution < 1.29 is 23.9 Å². The van der Waals surface area contributed by atoms with Crippen molar-refractivity contribution in [2.75, 3.05) is 23.9 Å². The van der Waals surface area contributed by atoms with Crippen LogP contribution in [-0.2, 0) is 19.1 Å². The van der Waals surface area contributed by atoms with Crippen LogP contribution in [0.4, 0.5) is 11.4 Å². The summed E-state index contributed by atoms with van der Waals surface area (Å²) in [6.07, 6.45) is -0.507. The fourth-order valence-electron chi connectivity index (χ4n) is 2.58. The third-order valence-electron chi connectivity index (χ3n) is 3.78. The number of methoxy groups -OCH3 is 1. The Morgan fingerprint density at radius 2 is 2.04 bits per heavy atom. The molecule has 0 aromatic heterocycles. The fraction of sp³-hybridized carbons (Fsp3) is 0.500. The van der Waals surface area contributed by atoms with Crippen LogP contribution in [0, 0.1) is 5.92 Å². The average Bonchev–Trinajstić information content (AvgIpc) is 2.56. The van der Waals surface area contributed by atoms with E-state index in [0.29, 0.717) is 29.6 Å². The Balaban J connectivity index is 2.13. The van der Waals surface area contributed by atoms with Gasteiger partial charge in [0.1, 0.15) is 5.75 Å². The highest BCUT2D eigenvalue weighted by Crippen LogP contribution is 2.36. The molecule has 1 N–H and O–H groups in total. The number of benzene rings is 1. The van der Waals surface area contributed by atoms with Crippen molar-refractivity contribution in [3.05, 3.63) is 18.2 Å². The summed E-state index contributed by atoms with van der Waals surface area (Å²) in [5.74, 6) is 0.0827. The molecule has 1 aliphatic heterocycles. The van der Waals surface area contributed by atoms with E-state index in [-0.39, 0.29) is 24.7 Å². The van der Waals surface area contributed by atoms with Crippen molar-refractivity contribution in [3.8, 4) is 5.75 Å². The molecule has 25 heavy (non-hydrogen) atoms. The Kier molecular flexibility index (Phi) is 6.01. The summed E-state index contributed by atoms with van der Waals surface area (Å²) in [4.78, 5) is 37.1. The molecule has 1 aromatic rings. The Bertz CT molecular complexity index is 671. The van der Waals surface area contributed by atoms with Gasteiger partial charge in [-0.1, -0.05) is 13.8 Å². The number of rotatable bonds is 6. The maximum Gasteiger partial charge on any atom is 0.306 e. The predicted octanol–water partition coefficient (Wildman–Crippen LogP) is 2.35. The Morgan fingerprint density at radius 3 is 2.68 bits per heavy atom. The molecular formula is C18H24N2O5. The highest BCUT2D eigenvalue weighted by molar-refractivity contribution is 6.00. The average molecular weight is 348 g/mol. The van der Waals surface area contributed by atoms with Gasteiger partial charge in [-0.2, -0.15) is 0 Å². The first-order chi connectivity index (χ1) is 11.8. The summed E-state index contributed by atoms with van der Waals surface area (Å²) in [5.41, 5.74) is 1.25. The molecule has 0 saturated carbocycles. The highest BCUT2D eigenvalue weighted by atomic mass is 16.5. The lowest BCUT2D eigenvalue weighted by Gasteiger charge is -2.34. The molecule has 2 rings (SSSR count). The highest BCUT2D eigenvalue weighted by Gasteiger charge is 2.31. The van der Waals surface area contributed by atoms with Gasteiger partial charge in [0.05, 0.1) is 19.2 Å². The molecule has 1 aromatic carbocycles. The van der Waals surface area contributed by atoms with Crippen LogP contribution in [0.5, 0.6) is 5.75 Å². The topological polar surface area (TPSA) is 84.9 Å². The third-order valence-corrected chi connectivity index (χ3v) is 3.78. The number of anilines is 2. The van der Waals surface area contributed by atoms with Gasteiger partial charge in [-0.3, -0.25) is 14.4 Å². The van der Waals surface area contributed by atoms with Crippen LogP contribution in [0.2, 0.25) is 0 Å². The number of esters is 1. The third kappa shape index (κ3) is 4.71. The maximum atomic E-state index is 12.4. The minimum Gasteiger partial charge on any atom is -0.479 e. The minimum atomic E-state index is -0.573. The fourth-order valence-corrected chi connectivity index (χ4v) is 2.58. The van der Waals surface area contributed by atoms with Gasteiger partial charge in [0.15, 0.2) is 6.10 Å². The number of nitrogens with one attached hydrogen (secondary N) is 1. The second-order valence-electron chi connectivity index (χ2n) is 6.41. The van der Waals surface area contributed by atoms with Crippen LogP contribution in [0.1, 0.15) is 33.6 Å². The van der Waals surface area contributed by atoms with E-state index >= 15 is 0 Å². The number of hydrogen-bond donors (Lipinski definition) is 1. The van der Waals surface area contributed by atoms with Crippen LogP contribution in [0.25, 0.3) is 0 Å². The van der Waals surface area contributed by atoms with Gasteiger partial charge in [0, 0.05) is 24.7 Å². The number of fused-ring (bicyclic) bond motifs is 1. The molecule has 2 amide bonds. The van der Waals surface area contributed by atoms with E-state index in [1.807, 2.05) is 13.8 Å². The Hall–Kier alpha value is -2.57. The standard InChI is InChI=1S/C18H24N2O5/c1-11(2)10-20-14-6-5-13(9-15(14)25-12(3)18(20)23)19-16(21)7-8-17(22)24-4/h5-6,9,11-12H,7-8,10H2,1-4H3,(H,19,21). The van der Waals surface area contributed by atoms with Gasteiger partial charge in [-0.05, 0) is 25.0 Å². The lowest BCUT2D eigenvalue weighted by atomic mass is 10.1.